The molecule has 2 aromatic rings. The Kier molecular flexibility index (Phi) is 6.41. The molecule has 1 aromatic carbocycles. The van der Waals surface area contributed by atoms with Gasteiger partial charge in [0.15, 0.2) is 0 Å². The highest BCUT2D eigenvalue weighted by Gasteiger charge is 2.12. The molecular weight excluding hydrogens is 302 g/mol. The lowest BCUT2D eigenvalue weighted by Gasteiger charge is -2.07. The number of fused-ring (bicyclic) bond motifs is 1. The molecule has 3 nitrogen and oxygen atoms in total. The summed E-state index contributed by atoms with van der Waals surface area (Å²) in [4.78, 5) is 4.54. The zero-order valence-electron chi connectivity index (χ0n) is 12.3. The lowest BCUT2D eigenvalue weighted by atomic mass is 10.2. The fourth-order valence-corrected chi connectivity index (χ4v) is 3.20. The van der Waals surface area contributed by atoms with Crippen molar-refractivity contribution in [2.75, 3.05) is 12.0 Å². The van der Waals surface area contributed by atoms with Crippen molar-refractivity contribution in [1.29, 1.82) is 5.26 Å². The molecule has 0 atom stereocenters. The predicted octanol–water partition coefficient (Wildman–Crippen LogP) is 4.57. The zero-order valence-corrected chi connectivity index (χ0v) is 13.9. The van der Waals surface area contributed by atoms with E-state index in [-0.39, 0.29) is 0 Å². The number of hydrogen-bond acceptors (Lipinski definition) is 3. The molecule has 5 heteroatoms. The van der Waals surface area contributed by atoms with Gasteiger partial charge in [-0.2, -0.15) is 17.0 Å². The molecule has 0 aliphatic heterocycles. The summed E-state index contributed by atoms with van der Waals surface area (Å²) in [6, 6.07) is 7.94. The minimum Gasteiger partial charge on any atom is -0.327 e. The Morgan fingerprint density at radius 2 is 2.10 bits per heavy atom. The molecule has 0 amide bonds. The number of aryl methyl sites for hydroxylation is 1. The molecule has 0 radical (unpaired) electrons. The molecule has 112 valence electrons. The number of rotatable bonds is 8. The van der Waals surface area contributed by atoms with Crippen LogP contribution in [0, 0.1) is 11.3 Å². The van der Waals surface area contributed by atoms with Gasteiger partial charge in [-0.3, -0.25) is 0 Å². The number of aromatic nitrogens is 2. The highest BCUT2D eigenvalue weighted by molar-refractivity contribution is 7.98. The number of hydrogen-bond donors (Lipinski definition) is 0. The average Bonchev–Trinajstić information content (AvgIpc) is 2.88. The van der Waals surface area contributed by atoms with E-state index in [0.29, 0.717) is 11.4 Å². The van der Waals surface area contributed by atoms with Crippen LogP contribution in [0.5, 0.6) is 0 Å². The van der Waals surface area contributed by atoms with Crippen LogP contribution in [0.25, 0.3) is 11.0 Å². The summed E-state index contributed by atoms with van der Waals surface area (Å²) in [7, 11) is 0. The number of halogens is 1. The minimum atomic E-state index is 0.381. The van der Waals surface area contributed by atoms with Gasteiger partial charge in [0.1, 0.15) is 17.4 Å². The highest BCUT2D eigenvalue weighted by Crippen LogP contribution is 2.21. The number of unbranched alkanes of at least 4 members (excludes halogenated alkanes) is 3. The van der Waals surface area contributed by atoms with Gasteiger partial charge in [-0.05, 0) is 37.0 Å². The number of nitrogens with zero attached hydrogens (tertiary/aromatic N) is 3. The normalized spacial score (nSPS) is 10.9. The molecule has 1 heterocycles. The Morgan fingerprint density at radius 3 is 2.81 bits per heavy atom. The van der Waals surface area contributed by atoms with Gasteiger partial charge in [-0.15, -0.1) is 11.6 Å². The van der Waals surface area contributed by atoms with Crippen LogP contribution >= 0.6 is 23.4 Å². The molecule has 0 bridgehead atoms. The van der Waals surface area contributed by atoms with Crippen LogP contribution in [0.4, 0.5) is 0 Å². The van der Waals surface area contributed by atoms with Crippen molar-refractivity contribution >= 4 is 34.4 Å². The molecule has 1 aromatic heterocycles. The van der Waals surface area contributed by atoms with Gasteiger partial charge in [0.05, 0.1) is 17.0 Å². The highest BCUT2D eigenvalue weighted by atomic mass is 35.5. The third-order valence-electron chi connectivity index (χ3n) is 3.58. The number of alkyl halides is 1. The lowest BCUT2D eigenvalue weighted by molar-refractivity contribution is 0.582. The van der Waals surface area contributed by atoms with Crippen LogP contribution in [0.3, 0.4) is 0 Å². The molecular formula is C16H20ClN3S. The van der Waals surface area contributed by atoms with E-state index in [2.05, 4.69) is 21.9 Å². The third kappa shape index (κ3) is 3.93. The molecule has 0 fully saturated rings. The van der Waals surface area contributed by atoms with E-state index in [9.17, 15) is 5.26 Å². The van der Waals surface area contributed by atoms with E-state index in [0.717, 1.165) is 29.8 Å². The second-order valence-electron chi connectivity index (χ2n) is 5.01. The Morgan fingerprint density at radius 1 is 1.29 bits per heavy atom. The number of para-hydroxylation sites is 1. The second-order valence-corrected chi connectivity index (χ2v) is 6.26. The Bertz CT molecular complexity index is 630. The van der Waals surface area contributed by atoms with Gasteiger partial charge < -0.3 is 4.57 Å². The number of nitriles is 1. The summed E-state index contributed by atoms with van der Waals surface area (Å²) in [5.74, 6) is 2.48. The quantitative estimate of drug-likeness (QED) is 0.528. The summed E-state index contributed by atoms with van der Waals surface area (Å²) >= 11 is 7.92. The molecule has 0 N–H and O–H groups in total. The molecule has 0 saturated carbocycles. The summed E-state index contributed by atoms with van der Waals surface area (Å²) in [5, 5.41) is 9.17. The maximum absolute atomic E-state index is 9.17. The maximum atomic E-state index is 9.17. The third-order valence-corrected chi connectivity index (χ3v) is 4.51. The number of thioether (sulfide) groups is 1. The summed E-state index contributed by atoms with van der Waals surface area (Å²) < 4.78 is 2.16. The van der Waals surface area contributed by atoms with E-state index in [1.807, 2.05) is 23.9 Å². The van der Waals surface area contributed by atoms with Crippen LogP contribution in [-0.2, 0) is 12.4 Å². The van der Waals surface area contributed by atoms with Gasteiger partial charge in [-0.25, -0.2) is 4.98 Å². The SMILES string of the molecule is CSCCCCCCn1c(CCl)nc2c(C#N)cccc21. The summed E-state index contributed by atoms with van der Waals surface area (Å²) in [6.45, 7) is 0.923. The second kappa shape index (κ2) is 8.31. The fourth-order valence-electron chi connectivity index (χ4n) is 2.51. The first kappa shape index (κ1) is 16.2. The van der Waals surface area contributed by atoms with Gasteiger partial charge >= 0.3 is 0 Å². The van der Waals surface area contributed by atoms with Gasteiger partial charge in [0.25, 0.3) is 0 Å². The van der Waals surface area contributed by atoms with E-state index in [1.54, 1.807) is 6.07 Å². The Labute approximate surface area is 135 Å². The van der Waals surface area contributed by atoms with Gasteiger partial charge in [-0.1, -0.05) is 18.9 Å². The van der Waals surface area contributed by atoms with E-state index >= 15 is 0 Å². The molecule has 21 heavy (non-hydrogen) atoms. The molecule has 0 aliphatic carbocycles. The van der Waals surface area contributed by atoms with Crippen molar-refractivity contribution in [2.24, 2.45) is 0 Å². The van der Waals surface area contributed by atoms with Crippen molar-refractivity contribution < 1.29 is 0 Å². The topological polar surface area (TPSA) is 41.6 Å². The van der Waals surface area contributed by atoms with Crippen LogP contribution in [-0.4, -0.2) is 21.6 Å². The van der Waals surface area contributed by atoms with Crippen molar-refractivity contribution in [3.63, 3.8) is 0 Å². The smallest absolute Gasteiger partial charge is 0.124 e. The molecule has 0 spiro atoms. The first-order valence-electron chi connectivity index (χ1n) is 7.25. The standard InChI is InChI=1S/C16H20ClN3S/c1-21-10-5-3-2-4-9-20-14-8-6-7-13(12-18)16(14)19-15(20)11-17/h6-8H,2-5,9-11H2,1H3. The minimum absolute atomic E-state index is 0.381. The van der Waals surface area contributed by atoms with Crippen molar-refractivity contribution in [2.45, 2.75) is 38.1 Å². The number of benzene rings is 1. The molecule has 0 unspecified atom stereocenters. The summed E-state index contributed by atoms with van der Waals surface area (Å²) in [6.07, 6.45) is 7.05. The van der Waals surface area contributed by atoms with Crippen molar-refractivity contribution in [3.8, 4) is 6.07 Å². The van der Waals surface area contributed by atoms with Crippen molar-refractivity contribution in [3.05, 3.63) is 29.6 Å². The first-order chi connectivity index (χ1) is 10.3. The van der Waals surface area contributed by atoms with Crippen molar-refractivity contribution in [1.82, 2.24) is 9.55 Å². The predicted molar refractivity (Wildman–Crippen MR) is 90.9 cm³/mol. The zero-order chi connectivity index (χ0) is 15.1. The van der Waals surface area contributed by atoms with E-state index in [4.69, 9.17) is 11.6 Å². The van der Waals surface area contributed by atoms with E-state index in [1.165, 1.54) is 25.0 Å². The first-order valence-corrected chi connectivity index (χ1v) is 9.17. The fraction of sp³-hybridized carbons (Fsp3) is 0.500. The van der Waals surface area contributed by atoms with E-state index < -0.39 is 0 Å². The van der Waals surface area contributed by atoms with Crippen LogP contribution < -0.4 is 0 Å². The molecule has 2 rings (SSSR count). The lowest BCUT2D eigenvalue weighted by Crippen LogP contribution is -2.02. The Balaban J connectivity index is 2.10. The molecule has 0 saturated heterocycles. The average molecular weight is 322 g/mol. The largest absolute Gasteiger partial charge is 0.327 e. The maximum Gasteiger partial charge on any atom is 0.124 e. The van der Waals surface area contributed by atoms with Crippen LogP contribution in [0.2, 0.25) is 0 Å². The van der Waals surface area contributed by atoms with Crippen LogP contribution in [0.15, 0.2) is 18.2 Å². The Hall–Kier alpha value is -1.18. The summed E-state index contributed by atoms with van der Waals surface area (Å²) in [5.41, 5.74) is 2.42. The van der Waals surface area contributed by atoms with Gasteiger partial charge in [0, 0.05) is 6.54 Å². The van der Waals surface area contributed by atoms with Crippen LogP contribution in [0.1, 0.15) is 37.1 Å². The molecule has 0 aliphatic rings. The number of imidazole rings is 1. The monoisotopic (exact) mass is 321 g/mol. The van der Waals surface area contributed by atoms with Gasteiger partial charge in [0.2, 0.25) is 0 Å².